The molecule has 0 unspecified atom stereocenters. The lowest BCUT2D eigenvalue weighted by Crippen LogP contribution is -2.07. The number of carbonyl (C=O) groups is 1. The summed E-state index contributed by atoms with van der Waals surface area (Å²) in [6.45, 7) is 2.76. The van der Waals surface area contributed by atoms with Gasteiger partial charge in [-0.2, -0.15) is 0 Å². The Balaban J connectivity index is 1.73. The van der Waals surface area contributed by atoms with Crippen LogP contribution in [0.5, 0.6) is 0 Å². The zero-order valence-corrected chi connectivity index (χ0v) is 10.7. The maximum atomic E-state index is 11.6. The zero-order valence-electron chi connectivity index (χ0n) is 9.96. The van der Waals surface area contributed by atoms with Crippen molar-refractivity contribution >= 4 is 17.6 Å². The number of hydrogen-bond donors (Lipinski definition) is 0. The summed E-state index contributed by atoms with van der Waals surface area (Å²) < 4.78 is 5.18. The molecule has 1 radical (unpaired) electrons. The Morgan fingerprint density at radius 3 is 3.00 bits per heavy atom. The fourth-order valence-corrected chi connectivity index (χ4v) is 1.93. The van der Waals surface area contributed by atoms with Crippen LogP contribution in [0.25, 0.3) is 0 Å². The molecule has 1 aliphatic carbocycles. The summed E-state index contributed by atoms with van der Waals surface area (Å²) in [5.41, 5.74) is 0.921. The minimum absolute atomic E-state index is 0.339. The third-order valence-electron chi connectivity index (χ3n) is 3.24. The second-order valence-corrected chi connectivity index (χ2v) is 5.41. The van der Waals surface area contributed by atoms with Gasteiger partial charge in [0.05, 0.1) is 12.2 Å². The first-order chi connectivity index (χ1) is 8.09. The maximum Gasteiger partial charge on any atom is 0.338 e. The summed E-state index contributed by atoms with van der Waals surface area (Å²) >= 11 is 5.79. The highest BCUT2D eigenvalue weighted by Gasteiger charge is 2.36. The molecule has 1 aromatic carbocycles. The lowest BCUT2D eigenvalue weighted by Gasteiger charge is -2.08. The SMILES string of the molecule is CC1(CCCOC(=O)c2[c]ccc(Cl)c2)CC1. The molecule has 3 heteroatoms. The number of esters is 1. The van der Waals surface area contributed by atoms with Crippen LogP contribution in [0.4, 0.5) is 0 Å². The number of benzene rings is 1. The molecule has 0 atom stereocenters. The van der Waals surface area contributed by atoms with E-state index in [1.807, 2.05) is 0 Å². The van der Waals surface area contributed by atoms with Crippen molar-refractivity contribution in [1.29, 1.82) is 0 Å². The molecule has 0 saturated heterocycles. The minimum atomic E-state index is -0.339. The van der Waals surface area contributed by atoms with Gasteiger partial charge in [-0.05, 0) is 49.3 Å². The van der Waals surface area contributed by atoms with Crippen molar-refractivity contribution in [3.05, 3.63) is 34.9 Å². The molecule has 0 spiro atoms. The third-order valence-corrected chi connectivity index (χ3v) is 3.48. The summed E-state index contributed by atoms with van der Waals surface area (Å²) in [4.78, 5) is 11.6. The Kier molecular flexibility index (Phi) is 3.72. The largest absolute Gasteiger partial charge is 0.462 e. The second kappa shape index (κ2) is 5.09. The van der Waals surface area contributed by atoms with Gasteiger partial charge in [0.1, 0.15) is 0 Å². The standard InChI is InChI=1S/C14H16ClO2/c1-14(7-8-14)6-3-9-17-13(16)11-4-2-5-12(15)10-11/h2,5,10H,3,6-9H2,1H3. The number of rotatable bonds is 5. The molecule has 0 aliphatic heterocycles. The van der Waals surface area contributed by atoms with Crippen LogP contribution < -0.4 is 0 Å². The van der Waals surface area contributed by atoms with Crippen molar-refractivity contribution in [2.75, 3.05) is 6.61 Å². The van der Waals surface area contributed by atoms with Crippen LogP contribution in [0.2, 0.25) is 5.02 Å². The molecule has 2 rings (SSSR count). The molecule has 91 valence electrons. The summed E-state index contributed by atoms with van der Waals surface area (Å²) in [5, 5.41) is 0.529. The van der Waals surface area contributed by atoms with Crippen LogP contribution in [0, 0.1) is 11.5 Å². The Morgan fingerprint density at radius 1 is 1.59 bits per heavy atom. The highest BCUT2D eigenvalue weighted by molar-refractivity contribution is 6.30. The van der Waals surface area contributed by atoms with Gasteiger partial charge in [0.25, 0.3) is 0 Å². The smallest absolute Gasteiger partial charge is 0.338 e. The number of hydrogen-bond acceptors (Lipinski definition) is 2. The van der Waals surface area contributed by atoms with Gasteiger partial charge in [-0.25, -0.2) is 4.79 Å². The predicted octanol–water partition coefficient (Wildman–Crippen LogP) is 3.88. The van der Waals surface area contributed by atoms with Gasteiger partial charge in [-0.15, -0.1) is 0 Å². The molecule has 0 amide bonds. The van der Waals surface area contributed by atoms with Crippen LogP contribution >= 0.6 is 11.6 Å². The van der Waals surface area contributed by atoms with Crippen molar-refractivity contribution in [3.63, 3.8) is 0 Å². The van der Waals surface area contributed by atoms with E-state index in [1.165, 1.54) is 12.8 Å². The van der Waals surface area contributed by atoms with Crippen LogP contribution in [-0.4, -0.2) is 12.6 Å². The van der Waals surface area contributed by atoms with E-state index in [0.717, 1.165) is 12.8 Å². The average molecular weight is 252 g/mol. The van der Waals surface area contributed by atoms with E-state index in [9.17, 15) is 4.79 Å². The summed E-state index contributed by atoms with van der Waals surface area (Å²) in [7, 11) is 0. The van der Waals surface area contributed by atoms with E-state index in [0.29, 0.717) is 22.6 Å². The molecule has 2 nitrogen and oxygen atoms in total. The molecule has 1 aliphatic rings. The number of carbonyl (C=O) groups excluding carboxylic acids is 1. The van der Waals surface area contributed by atoms with Crippen molar-refractivity contribution in [3.8, 4) is 0 Å². The van der Waals surface area contributed by atoms with Crippen LogP contribution in [0.15, 0.2) is 18.2 Å². The van der Waals surface area contributed by atoms with Crippen LogP contribution in [-0.2, 0) is 4.74 Å². The molecule has 1 fully saturated rings. The second-order valence-electron chi connectivity index (χ2n) is 4.97. The molecular weight excluding hydrogens is 236 g/mol. The van der Waals surface area contributed by atoms with Crippen molar-refractivity contribution < 1.29 is 9.53 Å². The van der Waals surface area contributed by atoms with E-state index in [1.54, 1.807) is 18.2 Å². The Morgan fingerprint density at radius 2 is 2.35 bits per heavy atom. The highest BCUT2D eigenvalue weighted by Crippen LogP contribution is 2.48. The van der Waals surface area contributed by atoms with E-state index in [-0.39, 0.29) is 5.97 Å². The fourth-order valence-electron chi connectivity index (χ4n) is 1.76. The van der Waals surface area contributed by atoms with E-state index >= 15 is 0 Å². The molecular formula is C14H16ClO2. The normalized spacial score (nSPS) is 16.6. The first-order valence-electron chi connectivity index (χ1n) is 5.93. The molecule has 17 heavy (non-hydrogen) atoms. The number of ether oxygens (including phenoxy) is 1. The monoisotopic (exact) mass is 251 g/mol. The fraction of sp³-hybridized carbons (Fsp3) is 0.500. The van der Waals surface area contributed by atoms with Crippen LogP contribution in [0.1, 0.15) is 43.0 Å². The van der Waals surface area contributed by atoms with Gasteiger partial charge < -0.3 is 4.74 Å². The Bertz CT molecular complexity index is 410. The topological polar surface area (TPSA) is 26.3 Å². The molecule has 1 aromatic rings. The summed E-state index contributed by atoms with van der Waals surface area (Å²) in [6, 6.07) is 7.71. The highest BCUT2D eigenvalue weighted by atomic mass is 35.5. The minimum Gasteiger partial charge on any atom is -0.462 e. The Hall–Kier alpha value is -1.02. The van der Waals surface area contributed by atoms with E-state index < -0.39 is 0 Å². The third kappa shape index (κ3) is 3.74. The van der Waals surface area contributed by atoms with Gasteiger partial charge in [-0.1, -0.05) is 24.6 Å². The van der Waals surface area contributed by atoms with Crippen molar-refractivity contribution in [2.45, 2.75) is 32.6 Å². The van der Waals surface area contributed by atoms with E-state index in [4.69, 9.17) is 16.3 Å². The molecule has 0 aromatic heterocycles. The molecule has 1 saturated carbocycles. The first-order valence-corrected chi connectivity index (χ1v) is 6.31. The summed E-state index contributed by atoms with van der Waals surface area (Å²) in [6.07, 6.45) is 4.69. The van der Waals surface area contributed by atoms with Gasteiger partial charge in [0, 0.05) is 5.02 Å². The average Bonchev–Trinajstić information content (AvgIpc) is 3.03. The molecule has 0 bridgehead atoms. The van der Waals surface area contributed by atoms with Crippen molar-refractivity contribution in [1.82, 2.24) is 0 Å². The lowest BCUT2D eigenvalue weighted by atomic mass is 10.0. The van der Waals surface area contributed by atoms with Gasteiger partial charge in [0.15, 0.2) is 0 Å². The van der Waals surface area contributed by atoms with Gasteiger partial charge in [-0.3, -0.25) is 0 Å². The molecule has 0 heterocycles. The van der Waals surface area contributed by atoms with Crippen molar-refractivity contribution in [2.24, 2.45) is 5.41 Å². The predicted molar refractivity (Wildman–Crippen MR) is 67.1 cm³/mol. The first kappa shape index (κ1) is 12.4. The lowest BCUT2D eigenvalue weighted by molar-refractivity contribution is 0.0492. The van der Waals surface area contributed by atoms with Crippen LogP contribution in [0.3, 0.4) is 0 Å². The van der Waals surface area contributed by atoms with Gasteiger partial charge >= 0.3 is 5.97 Å². The molecule has 0 N–H and O–H groups in total. The van der Waals surface area contributed by atoms with Gasteiger partial charge in [0.2, 0.25) is 0 Å². The summed E-state index contributed by atoms with van der Waals surface area (Å²) in [5.74, 6) is -0.339. The number of halogens is 1. The quantitative estimate of drug-likeness (QED) is 0.586. The maximum absolute atomic E-state index is 11.6. The van der Waals surface area contributed by atoms with E-state index in [2.05, 4.69) is 13.0 Å². The Labute approximate surface area is 107 Å². The zero-order chi connectivity index (χ0) is 12.3.